The Morgan fingerprint density at radius 1 is 1.24 bits per heavy atom. The van der Waals surface area contributed by atoms with Crippen molar-refractivity contribution in [2.45, 2.75) is 69.1 Å². The predicted molar refractivity (Wildman–Crippen MR) is 96.3 cm³/mol. The predicted octanol–water partition coefficient (Wildman–Crippen LogP) is 5.58. The van der Waals surface area contributed by atoms with E-state index in [0.29, 0.717) is 14.8 Å². The standard InChI is InChI=1S/C18H28INO/c1-16(12-20-21)9-5-10-17(2)13-6-4-11-18(3,19)14(13)7-8-15(16)17/h6,12,14-15,21H,4-5,7-11H2,1-3H3/b20-12+/t14?,15?,16-,17-,18-/m0/s1. The van der Waals surface area contributed by atoms with Crippen LogP contribution in [-0.4, -0.2) is 14.8 Å². The maximum absolute atomic E-state index is 9.13. The maximum atomic E-state index is 9.13. The third kappa shape index (κ3) is 2.38. The Morgan fingerprint density at radius 3 is 2.71 bits per heavy atom. The minimum Gasteiger partial charge on any atom is -0.411 e. The molecule has 2 saturated carbocycles. The number of rotatable bonds is 1. The van der Waals surface area contributed by atoms with Gasteiger partial charge in [-0.3, -0.25) is 0 Å². The van der Waals surface area contributed by atoms with Gasteiger partial charge in [-0.25, -0.2) is 0 Å². The summed E-state index contributed by atoms with van der Waals surface area (Å²) in [7, 11) is 0. The summed E-state index contributed by atoms with van der Waals surface area (Å²) in [5.74, 6) is 1.38. The molecule has 3 rings (SSSR count). The lowest BCUT2D eigenvalue weighted by molar-refractivity contribution is 0.0153. The smallest absolute Gasteiger partial charge is 0.0498 e. The first-order chi connectivity index (χ1) is 9.83. The van der Waals surface area contributed by atoms with Gasteiger partial charge < -0.3 is 5.21 Å². The minimum absolute atomic E-state index is 0.0622. The lowest BCUT2D eigenvalue weighted by atomic mass is 9.46. The Kier molecular flexibility index (Phi) is 3.95. The molecule has 0 aromatic carbocycles. The Hall–Kier alpha value is -0.0600. The molecule has 0 aliphatic heterocycles. The van der Waals surface area contributed by atoms with Crippen molar-refractivity contribution in [1.29, 1.82) is 0 Å². The summed E-state index contributed by atoms with van der Waals surface area (Å²) in [6.45, 7) is 7.25. The Morgan fingerprint density at radius 2 is 2.00 bits per heavy atom. The van der Waals surface area contributed by atoms with Crippen LogP contribution < -0.4 is 0 Å². The number of halogens is 1. The van der Waals surface area contributed by atoms with Crippen LogP contribution in [0, 0.1) is 22.7 Å². The van der Waals surface area contributed by atoms with E-state index in [0.717, 1.165) is 12.3 Å². The molecule has 0 aromatic heterocycles. The number of allylic oxidation sites excluding steroid dienone is 2. The Bertz CT molecular complexity index is 484. The van der Waals surface area contributed by atoms with Gasteiger partial charge in [0, 0.05) is 15.1 Å². The second-order valence-electron chi connectivity index (χ2n) is 8.18. The van der Waals surface area contributed by atoms with Gasteiger partial charge >= 0.3 is 0 Å². The molecule has 3 aliphatic rings. The van der Waals surface area contributed by atoms with Crippen LogP contribution in [0.15, 0.2) is 16.8 Å². The quantitative estimate of drug-likeness (QED) is 0.153. The van der Waals surface area contributed by atoms with Gasteiger partial charge in [-0.15, -0.1) is 5.16 Å². The summed E-state index contributed by atoms with van der Waals surface area (Å²) in [4.78, 5) is 0. The van der Waals surface area contributed by atoms with Crippen molar-refractivity contribution in [2.75, 3.05) is 0 Å². The third-order valence-corrected chi connectivity index (χ3v) is 8.12. The first kappa shape index (κ1) is 15.8. The molecule has 3 heteroatoms. The molecule has 118 valence electrons. The zero-order valence-electron chi connectivity index (χ0n) is 13.5. The van der Waals surface area contributed by atoms with Gasteiger partial charge in [-0.1, -0.05) is 54.5 Å². The summed E-state index contributed by atoms with van der Waals surface area (Å²) in [5, 5.41) is 12.6. The van der Waals surface area contributed by atoms with E-state index in [4.69, 9.17) is 5.21 Å². The van der Waals surface area contributed by atoms with Crippen LogP contribution in [-0.2, 0) is 0 Å². The maximum Gasteiger partial charge on any atom is 0.0498 e. The lowest BCUT2D eigenvalue weighted by Crippen LogP contribution is -2.52. The molecule has 2 unspecified atom stereocenters. The fraction of sp³-hybridized carbons (Fsp3) is 0.833. The molecule has 0 spiro atoms. The molecule has 0 radical (unpaired) electrons. The largest absolute Gasteiger partial charge is 0.411 e. The first-order valence-electron chi connectivity index (χ1n) is 8.41. The molecule has 2 fully saturated rings. The molecule has 0 bridgehead atoms. The van der Waals surface area contributed by atoms with E-state index >= 15 is 0 Å². The molecule has 21 heavy (non-hydrogen) atoms. The van der Waals surface area contributed by atoms with E-state index in [1.54, 1.807) is 5.57 Å². The summed E-state index contributed by atoms with van der Waals surface area (Å²) in [5.41, 5.74) is 2.11. The van der Waals surface area contributed by atoms with Crippen LogP contribution >= 0.6 is 22.6 Å². The van der Waals surface area contributed by atoms with Crippen molar-refractivity contribution in [2.24, 2.45) is 27.8 Å². The van der Waals surface area contributed by atoms with Gasteiger partial charge in [-0.2, -0.15) is 0 Å². The highest BCUT2D eigenvalue weighted by atomic mass is 127. The van der Waals surface area contributed by atoms with Crippen molar-refractivity contribution in [3.63, 3.8) is 0 Å². The van der Waals surface area contributed by atoms with Gasteiger partial charge in [0.05, 0.1) is 0 Å². The molecule has 0 saturated heterocycles. The van der Waals surface area contributed by atoms with Gasteiger partial charge in [-0.05, 0) is 62.7 Å². The van der Waals surface area contributed by atoms with E-state index in [1.165, 1.54) is 38.5 Å². The minimum atomic E-state index is 0.0622. The molecule has 2 nitrogen and oxygen atoms in total. The van der Waals surface area contributed by atoms with E-state index < -0.39 is 0 Å². The summed E-state index contributed by atoms with van der Waals surface area (Å²) >= 11 is 2.71. The fourth-order valence-electron chi connectivity index (χ4n) is 5.76. The monoisotopic (exact) mass is 401 g/mol. The number of oxime groups is 1. The van der Waals surface area contributed by atoms with Crippen molar-refractivity contribution >= 4 is 28.8 Å². The molecular weight excluding hydrogens is 373 g/mol. The van der Waals surface area contributed by atoms with Gasteiger partial charge in [0.25, 0.3) is 0 Å². The highest BCUT2D eigenvalue weighted by Gasteiger charge is 2.56. The molecule has 3 aliphatic carbocycles. The van der Waals surface area contributed by atoms with Gasteiger partial charge in [0.1, 0.15) is 0 Å². The number of hydrogen-bond acceptors (Lipinski definition) is 2. The van der Waals surface area contributed by atoms with Crippen LogP contribution in [0.4, 0.5) is 0 Å². The number of nitrogens with zero attached hydrogens (tertiary/aromatic N) is 1. The van der Waals surface area contributed by atoms with Crippen LogP contribution in [0.25, 0.3) is 0 Å². The third-order valence-electron chi connectivity index (χ3n) is 6.83. The summed E-state index contributed by atoms with van der Waals surface area (Å²) in [6.07, 6.45) is 13.3. The second kappa shape index (κ2) is 5.24. The second-order valence-corrected chi connectivity index (χ2v) is 10.6. The average molecular weight is 401 g/mol. The van der Waals surface area contributed by atoms with E-state index in [1.807, 2.05) is 6.21 Å². The van der Waals surface area contributed by atoms with Gasteiger partial charge in [0.2, 0.25) is 0 Å². The average Bonchev–Trinajstić information content (AvgIpc) is 2.39. The van der Waals surface area contributed by atoms with E-state index in [2.05, 4.69) is 54.6 Å². The van der Waals surface area contributed by atoms with Crippen LogP contribution in [0.3, 0.4) is 0 Å². The van der Waals surface area contributed by atoms with E-state index in [-0.39, 0.29) is 5.41 Å². The Labute approximate surface area is 142 Å². The summed E-state index contributed by atoms with van der Waals surface area (Å²) in [6, 6.07) is 0. The van der Waals surface area contributed by atoms with Crippen LogP contribution in [0.1, 0.15) is 65.7 Å². The number of hydrogen-bond donors (Lipinski definition) is 1. The molecule has 0 amide bonds. The number of fused-ring (bicyclic) bond motifs is 3. The van der Waals surface area contributed by atoms with Crippen LogP contribution in [0.2, 0.25) is 0 Å². The van der Waals surface area contributed by atoms with Crippen molar-refractivity contribution in [1.82, 2.24) is 0 Å². The van der Waals surface area contributed by atoms with Crippen molar-refractivity contribution in [3.05, 3.63) is 11.6 Å². The Balaban J connectivity index is 2.02. The zero-order valence-corrected chi connectivity index (χ0v) is 15.7. The molecule has 1 N–H and O–H groups in total. The topological polar surface area (TPSA) is 32.6 Å². The van der Waals surface area contributed by atoms with E-state index in [9.17, 15) is 0 Å². The molecule has 0 aromatic rings. The van der Waals surface area contributed by atoms with Crippen molar-refractivity contribution < 1.29 is 5.21 Å². The molecule has 0 heterocycles. The molecule has 5 atom stereocenters. The SMILES string of the molecule is C[C@]1(I)CCC=C2C1CCC1[C@@]2(C)CCC[C@@]1(C)/C=N/O. The normalized spacial score (nSPS) is 50.4. The number of alkyl halides is 1. The fourth-order valence-corrected chi connectivity index (χ4v) is 6.72. The summed E-state index contributed by atoms with van der Waals surface area (Å²) < 4.78 is 0.425. The zero-order chi connectivity index (χ0) is 15.3. The lowest BCUT2D eigenvalue weighted by Gasteiger charge is -2.59. The van der Waals surface area contributed by atoms with Crippen LogP contribution in [0.5, 0.6) is 0 Å². The highest BCUT2D eigenvalue weighted by molar-refractivity contribution is 14.1. The first-order valence-corrected chi connectivity index (χ1v) is 9.49. The van der Waals surface area contributed by atoms with Crippen molar-refractivity contribution in [3.8, 4) is 0 Å². The van der Waals surface area contributed by atoms with Gasteiger partial charge in [0.15, 0.2) is 0 Å². The molecular formula is C18H28INO. The highest BCUT2D eigenvalue weighted by Crippen LogP contribution is 2.64.